The van der Waals surface area contributed by atoms with Crippen LogP contribution in [0.3, 0.4) is 0 Å². The van der Waals surface area contributed by atoms with Gasteiger partial charge in [0.15, 0.2) is 5.82 Å². The van der Waals surface area contributed by atoms with Gasteiger partial charge in [0.05, 0.1) is 42.7 Å². The van der Waals surface area contributed by atoms with Crippen LogP contribution in [0.1, 0.15) is 143 Å². The van der Waals surface area contributed by atoms with E-state index in [4.69, 9.17) is 24.3 Å². The lowest BCUT2D eigenvalue weighted by atomic mass is 9.93. The molecule has 1 unspecified atom stereocenters. The molecule has 1 fully saturated rings. The zero-order chi connectivity index (χ0) is 42.0. The fourth-order valence-electron chi connectivity index (χ4n) is 7.29. The van der Waals surface area contributed by atoms with Gasteiger partial charge in [-0.25, -0.2) is 18.9 Å². The van der Waals surface area contributed by atoms with Crippen LogP contribution in [0.4, 0.5) is 5.82 Å². The number of nitrogens with zero attached hydrogens (tertiary/aromatic N) is 3. The number of phosphoric ester groups is 1. The molecule has 6 atom stereocenters. The van der Waals surface area contributed by atoms with Gasteiger partial charge < -0.3 is 40.7 Å². The number of hydrogen-bond acceptors (Lipinski definition) is 12. The normalized spacial score (nSPS) is 20.9. The van der Waals surface area contributed by atoms with Gasteiger partial charge in [0.25, 0.3) is 5.91 Å². The van der Waals surface area contributed by atoms with Gasteiger partial charge in [-0.15, -0.1) is 0 Å². The van der Waals surface area contributed by atoms with E-state index >= 15 is 0 Å². The highest BCUT2D eigenvalue weighted by Gasteiger charge is 2.54. The first-order valence-corrected chi connectivity index (χ1v) is 22.3. The van der Waals surface area contributed by atoms with Crippen molar-refractivity contribution >= 4 is 31.0 Å². The van der Waals surface area contributed by atoms with E-state index in [-0.39, 0.29) is 23.6 Å². The Morgan fingerprint density at radius 3 is 2.09 bits per heavy atom. The molecule has 17 heteroatoms. The number of fused-ring (bicyclic) bond motifs is 1. The van der Waals surface area contributed by atoms with E-state index < -0.39 is 62.9 Å². The van der Waals surface area contributed by atoms with E-state index in [1.807, 2.05) is 0 Å². The number of nitrogens with one attached hydrogen (secondary N) is 1. The lowest BCUT2D eigenvalue weighted by Gasteiger charge is -2.27. The minimum absolute atomic E-state index is 0.0892. The van der Waals surface area contributed by atoms with Crippen molar-refractivity contribution in [1.29, 1.82) is 0 Å². The van der Waals surface area contributed by atoms with Crippen LogP contribution in [0.2, 0.25) is 0 Å². The second kappa shape index (κ2) is 24.0. The number of hydrogen-bond donors (Lipinski definition) is 6. The van der Waals surface area contributed by atoms with Crippen molar-refractivity contribution in [3.05, 3.63) is 59.5 Å². The van der Waals surface area contributed by atoms with Gasteiger partial charge in [0.1, 0.15) is 35.8 Å². The average molecular weight is 834 g/mol. The molecule has 1 amide bonds. The molecular weight excluding hydrogens is 769 g/mol. The molecule has 0 spiro atoms. The number of rotatable bonds is 29. The van der Waals surface area contributed by atoms with Crippen molar-refractivity contribution < 1.29 is 52.9 Å². The maximum Gasteiger partial charge on any atom is 0.472 e. The summed E-state index contributed by atoms with van der Waals surface area (Å²) in [5.74, 6) is -1.82. The van der Waals surface area contributed by atoms with Gasteiger partial charge in [-0.1, -0.05) is 115 Å². The molecule has 0 aliphatic carbocycles. The third-order valence-corrected chi connectivity index (χ3v) is 11.6. The number of aromatic nitrogens is 3. The summed E-state index contributed by atoms with van der Waals surface area (Å²) in [7, 11) is -4.83. The summed E-state index contributed by atoms with van der Waals surface area (Å²) in [6, 6.07) is 7.98. The third-order valence-electron chi connectivity index (χ3n) is 10.7. The van der Waals surface area contributed by atoms with Crippen LogP contribution in [0.25, 0.3) is 5.52 Å². The molecule has 1 aliphatic heterocycles. The number of aliphatic hydroxyl groups is 2. The highest BCUT2D eigenvalue weighted by molar-refractivity contribution is 7.47. The molecule has 0 radical (unpaired) electrons. The summed E-state index contributed by atoms with van der Waals surface area (Å²) < 4.78 is 36.8. The van der Waals surface area contributed by atoms with E-state index in [1.54, 1.807) is 12.1 Å². The molecule has 58 heavy (non-hydrogen) atoms. The second-order valence-electron chi connectivity index (χ2n) is 15.3. The van der Waals surface area contributed by atoms with Gasteiger partial charge in [-0.3, -0.25) is 13.8 Å². The highest BCUT2D eigenvalue weighted by Crippen LogP contribution is 2.46. The predicted octanol–water partition coefficient (Wildman–Crippen LogP) is 6.56. The number of carbonyl (C=O) groups excluding carboxylic acids is 1. The molecule has 0 saturated carbocycles. The number of benzene rings is 1. The van der Waals surface area contributed by atoms with Crippen molar-refractivity contribution in [3.63, 3.8) is 0 Å². The Morgan fingerprint density at radius 2 is 1.48 bits per heavy atom. The first-order chi connectivity index (χ1) is 27.9. The highest BCUT2D eigenvalue weighted by atomic mass is 31.2. The van der Waals surface area contributed by atoms with E-state index in [0.29, 0.717) is 17.8 Å². The molecule has 324 valence electrons. The largest absolute Gasteiger partial charge is 0.478 e. The van der Waals surface area contributed by atoms with Crippen LogP contribution in [0.15, 0.2) is 42.7 Å². The second-order valence-corrected chi connectivity index (χ2v) is 16.8. The van der Waals surface area contributed by atoms with Crippen LogP contribution < -0.4 is 11.1 Å². The molecule has 0 bridgehead atoms. The van der Waals surface area contributed by atoms with Crippen LogP contribution in [0, 0.1) is 0 Å². The number of unbranched alkanes of at least 4 members (excludes halogenated alkanes) is 15. The molecule has 3 heterocycles. The Morgan fingerprint density at radius 1 is 0.897 bits per heavy atom. The Labute approximate surface area is 341 Å². The predicted molar refractivity (Wildman–Crippen MR) is 218 cm³/mol. The molecule has 1 aromatic carbocycles. The fourth-order valence-corrected chi connectivity index (χ4v) is 8.06. The van der Waals surface area contributed by atoms with Gasteiger partial charge in [0, 0.05) is 6.61 Å². The summed E-state index contributed by atoms with van der Waals surface area (Å²) in [6.45, 7) is 2.91. The summed E-state index contributed by atoms with van der Waals surface area (Å²) in [5, 5.41) is 38.3. The van der Waals surface area contributed by atoms with E-state index in [9.17, 15) is 34.4 Å². The number of amides is 1. The number of phosphoric acid groups is 1. The maximum absolute atomic E-state index is 13.2. The molecule has 16 nitrogen and oxygen atoms in total. The Hall–Kier alpha value is -3.47. The number of carbonyl (C=O) groups is 2. The minimum atomic E-state index is -4.83. The number of nitrogen functional groups attached to an aromatic ring is 1. The van der Waals surface area contributed by atoms with E-state index in [1.165, 1.54) is 119 Å². The van der Waals surface area contributed by atoms with Crippen molar-refractivity contribution in [3.8, 4) is 0 Å². The average Bonchev–Trinajstić information content (AvgIpc) is 3.75. The quantitative estimate of drug-likeness (QED) is 0.0321. The number of carboxylic acid groups (broad SMARTS) is 1. The SMILES string of the molecule is CCCCCCCCCCCCCCCCCCOC[C@H](COP(=O)(O)OC[C@H]1O[C@@](C)(c2ccc3c(N)ncnn23)[C@H](O)[C@@H]1O)NC(=O)c1ccccc1C(=O)O. The number of anilines is 1. The van der Waals surface area contributed by atoms with Crippen molar-refractivity contribution in [2.24, 2.45) is 0 Å². The summed E-state index contributed by atoms with van der Waals surface area (Å²) in [5.41, 5.74) is 4.94. The van der Waals surface area contributed by atoms with Crippen LogP contribution in [-0.2, 0) is 28.7 Å². The van der Waals surface area contributed by atoms with Gasteiger partial charge in [-0.05, 0) is 37.6 Å². The monoisotopic (exact) mass is 833 g/mol. The van der Waals surface area contributed by atoms with Crippen LogP contribution >= 0.6 is 7.82 Å². The van der Waals surface area contributed by atoms with Crippen molar-refractivity contribution in [2.75, 3.05) is 32.2 Å². The summed E-state index contributed by atoms with van der Waals surface area (Å²) >= 11 is 0. The van der Waals surface area contributed by atoms with Crippen molar-refractivity contribution in [1.82, 2.24) is 19.9 Å². The van der Waals surface area contributed by atoms with Gasteiger partial charge >= 0.3 is 13.8 Å². The lowest BCUT2D eigenvalue weighted by molar-refractivity contribution is -0.0889. The standard InChI is InChI=1S/C41H64N5O11P/c1-3-4-5-6-7-8-9-10-11-12-13-14-15-16-17-20-25-54-26-30(45-39(49)31-21-18-19-22-32(31)40(50)51)27-55-58(52,53)56-28-34-36(47)37(48)41(2,57-34)35-24-23-33-38(42)43-29-44-46(33)35/h18-19,21-24,29-30,34,36-37,47-48H,3-17,20,25-28H2,1-2H3,(H,45,49)(H,50,51)(H,52,53)(H2,42,43,44)/t30-,34-,36-,37-,41+/m1/s1. The maximum atomic E-state index is 13.2. The molecule has 1 aliphatic rings. The molecule has 3 aromatic rings. The smallest absolute Gasteiger partial charge is 0.472 e. The first kappa shape index (κ1) is 47.2. The number of nitrogens with two attached hydrogens (primary N) is 1. The lowest BCUT2D eigenvalue weighted by Crippen LogP contribution is -2.42. The Bertz CT molecular complexity index is 1760. The van der Waals surface area contributed by atoms with Gasteiger partial charge in [0.2, 0.25) is 0 Å². The zero-order valence-corrected chi connectivity index (χ0v) is 34.9. The molecule has 2 aromatic heterocycles. The first-order valence-electron chi connectivity index (χ1n) is 20.8. The number of ether oxygens (including phenoxy) is 2. The van der Waals surface area contributed by atoms with E-state index in [2.05, 4.69) is 22.3 Å². The Balaban J connectivity index is 1.21. The zero-order valence-electron chi connectivity index (χ0n) is 34.0. The molecule has 7 N–H and O–H groups in total. The van der Waals surface area contributed by atoms with E-state index in [0.717, 1.165) is 25.7 Å². The Kier molecular flexibility index (Phi) is 19.5. The number of aromatic carboxylic acids is 1. The minimum Gasteiger partial charge on any atom is -0.478 e. The summed E-state index contributed by atoms with van der Waals surface area (Å²) in [6.07, 6.45) is 16.9. The molecular formula is C41H64N5O11P. The van der Waals surface area contributed by atoms with Gasteiger partial charge in [-0.2, -0.15) is 5.10 Å². The third kappa shape index (κ3) is 14.1. The molecule has 4 rings (SSSR count). The van der Waals surface area contributed by atoms with Crippen molar-refractivity contribution in [2.45, 2.75) is 147 Å². The number of carboxylic acids is 1. The fraction of sp³-hybridized carbons (Fsp3) is 0.659. The summed E-state index contributed by atoms with van der Waals surface area (Å²) in [4.78, 5) is 39.5. The number of aliphatic hydroxyl groups excluding tert-OH is 2. The van der Waals surface area contributed by atoms with Crippen LogP contribution in [-0.4, -0.2) is 97.5 Å². The molecule has 1 saturated heterocycles. The van der Waals surface area contributed by atoms with Crippen LogP contribution in [0.5, 0.6) is 0 Å². The topological polar surface area (TPSA) is 237 Å².